The highest BCUT2D eigenvalue weighted by atomic mass is 127. The van der Waals surface area contributed by atoms with E-state index < -0.39 is 18.2 Å². The van der Waals surface area contributed by atoms with Gasteiger partial charge in [-0.25, -0.2) is 0 Å². The molecule has 4 bridgehead atoms. The molecule has 4 saturated carbocycles. The van der Waals surface area contributed by atoms with Crippen LogP contribution in [0.1, 0.15) is 63.4 Å². The molecule has 1 aromatic rings. The van der Waals surface area contributed by atoms with Crippen LogP contribution in [0.5, 0.6) is 11.5 Å². The van der Waals surface area contributed by atoms with Crippen molar-refractivity contribution in [2.75, 3.05) is 26.8 Å². The first-order chi connectivity index (χ1) is 20.7. The maximum absolute atomic E-state index is 13.9. The lowest BCUT2D eigenvalue weighted by Crippen LogP contribution is -2.59. The van der Waals surface area contributed by atoms with Crippen molar-refractivity contribution in [1.82, 2.24) is 10.2 Å². The van der Waals surface area contributed by atoms with Crippen LogP contribution in [-0.4, -0.2) is 77.1 Å². The van der Waals surface area contributed by atoms with Crippen LogP contribution < -0.4 is 14.8 Å². The summed E-state index contributed by atoms with van der Waals surface area (Å²) in [6.45, 7) is 4.11. The Balaban J connectivity index is 1.49. The number of aliphatic hydroxyl groups is 3. The van der Waals surface area contributed by atoms with E-state index in [1.165, 1.54) is 26.4 Å². The lowest BCUT2D eigenvalue weighted by molar-refractivity contribution is -0.147. The minimum absolute atomic E-state index is 0.0356. The predicted octanol–water partition coefficient (Wildman–Crippen LogP) is 3.72. The summed E-state index contributed by atoms with van der Waals surface area (Å²) in [4.78, 5) is 29.1. The van der Waals surface area contributed by atoms with Gasteiger partial charge in [0.2, 0.25) is 11.8 Å². The number of carbonyl (C=O) groups is 2. The molecule has 5 aliphatic rings. The Bertz CT molecular complexity index is 1200. The zero-order valence-corrected chi connectivity index (χ0v) is 27.1. The van der Waals surface area contributed by atoms with Gasteiger partial charge in [-0.1, -0.05) is 6.08 Å². The number of nitrogens with zero attached hydrogens (tertiary/aromatic N) is 1. The number of carbonyl (C=O) groups excluding carboxylic acids is 2. The summed E-state index contributed by atoms with van der Waals surface area (Å²) in [5.74, 6) is 2.51. The Morgan fingerprint density at radius 3 is 2.42 bits per heavy atom. The highest BCUT2D eigenvalue weighted by molar-refractivity contribution is 14.1. The number of nitrogens with one attached hydrogen (secondary N) is 1. The first-order valence-corrected chi connectivity index (χ1v) is 16.6. The molecule has 0 unspecified atom stereocenters. The third kappa shape index (κ3) is 7.07. The number of allylic oxidation sites excluding steroid dienone is 1. The van der Waals surface area contributed by atoms with Gasteiger partial charge in [0, 0.05) is 31.5 Å². The van der Waals surface area contributed by atoms with E-state index in [0.717, 1.165) is 19.3 Å². The molecule has 9 nitrogen and oxygen atoms in total. The van der Waals surface area contributed by atoms with E-state index in [-0.39, 0.29) is 49.8 Å². The smallest absolute Gasteiger partial charge is 0.247 e. The Kier molecular flexibility index (Phi) is 10.4. The first kappa shape index (κ1) is 32.2. The number of rotatable bonds is 13. The average Bonchev–Trinajstić information content (AvgIpc) is 2.98. The SMILES string of the molecule is C=CCCC(=O)N(CC12CC3CC(CC(C3)C1)C2)[C@@H]1CC(C(=O)NCCO)=C[C@H](Oc2c(I)cc(CO)cc2OC)[C@H]1O. The van der Waals surface area contributed by atoms with Crippen LogP contribution in [0.4, 0.5) is 0 Å². The standard InChI is InChI=1S/C33H45IN2O7/c1-3-4-5-29(39)36(19-33-15-20-8-21(16-33)10-22(9-20)17-33)26-13-24(32(41)35-6-7-37)14-27(30(26)40)43-31-25(34)11-23(18-38)12-28(31)42-2/h3,11-12,14,20-22,26-27,30,37-38,40H,1,4-10,13,15-19H2,2H3,(H,35,41)/t20?,21?,22?,26-,27+,30+,33?/m1/s1. The Hall–Kier alpha value is -2.15. The molecule has 0 radical (unpaired) electrons. The molecular formula is C33H45IN2O7. The molecule has 0 spiro atoms. The molecule has 3 atom stereocenters. The number of halogens is 1. The van der Waals surface area contributed by atoms with Gasteiger partial charge in [-0.15, -0.1) is 6.58 Å². The van der Waals surface area contributed by atoms with Gasteiger partial charge >= 0.3 is 0 Å². The molecule has 1 aromatic carbocycles. The second kappa shape index (κ2) is 13.9. The van der Waals surface area contributed by atoms with E-state index in [1.54, 1.807) is 24.3 Å². The van der Waals surface area contributed by atoms with Crippen LogP contribution in [0, 0.1) is 26.7 Å². The van der Waals surface area contributed by atoms with E-state index in [2.05, 4.69) is 34.5 Å². The molecule has 236 valence electrons. The summed E-state index contributed by atoms with van der Waals surface area (Å²) in [5.41, 5.74) is 1.10. The second-order valence-electron chi connectivity index (χ2n) is 13.0. The maximum Gasteiger partial charge on any atom is 0.247 e. The van der Waals surface area contributed by atoms with E-state index >= 15 is 0 Å². The topological polar surface area (TPSA) is 129 Å². The largest absolute Gasteiger partial charge is 0.493 e. The lowest BCUT2D eigenvalue weighted by Gasteiger charge is -2.58. The van der Waals surface area contributed by atoms with E-state index in [4.69, 9.17) is 9.47 Å². The molecule has 10 heteroatoms. The zero-order valence-electron chi connectivity index (χ0n) is 25.0. The molecule has 4 fully saturated rings. The minimum Gasteiger partial charge on any atom is -0.493 e. The minimum atomic E-state index is -1.10. The Morgan fingerprint density at radius 1 is 1.16 bits per heavy atom. The summed E-state index contributed by atoms with van der Waals surface area (Å²) < 4.78 is 12.7. The molecule has 0 aliphatic heterocycles. The number of hydrogen-bond donors (Lipinski definition) is 4. The van der Waals surface area contributed by atoms with Gasteiger partial charge in [-0.3, -0.25) is 9.59 Å². The van der Waals surface area contributed by atoms with Crippen molar-refractivity contribution in [3.8, 4) is 11.5 Å². The van der Waals surface area contributed by atoms with E-state index in [9.17, 15) is 24.9 Å². The third-order valence-electron chi connectivity index (χ3n) is 9.89. The zero-order chi connectivity index (χ0) is 30.7. The summed E-state index contributed by atoms with van der Waals surface area (Å²) in [5, 5.41) is 33.7. The van der Waals surface area contributed by atoms with Crippen LogP contribution in [0.25, 0.3) is 0 Å². The van der Waals surface area contributed by atoms with Crippen LogP contribution in [0.2, 0.25) is 0 Å². The monoisotopic (exact) mass is 708 g/mol. The fraction of sp³-hybridized carbons (Fsp3) is 0.636. The van der Waals surface area contributed by atoms with Crippen molar-refractivity contribution in [3.63, 3.8) is 0 Å². The molecule has 0 aromatic heterocycles. The van der Waals surface area contributed by atoms with Gasteiger partial charge in [-0.05, 0) is 114 Å². The fourth-order valence-corrected chi connectivity index (χ4v) is 9.29. The molecule has 43 heavy (non-hydrogen) atoms. The second-order valence-corrected chi connectivity index (χ2v) is 14.2. The van der Waals surface area contributed by atoms with Crippen molar-refractivity contribution < 1.29 is 34.4 Å². The van der Waals surface area contributed by atoms with Crippen LogP contribution in [0.15, 0.2) is 36.4 Å². The van der Waals surface area contributed by atoms with Crippen LogP contribution in [0.3, 0.4) is 0 Å². The van der Waals surface area contributed by atoms with Crippen molar-refractivity contribution in [2.45, 2.75) is 82.6 Å². The molecule has 5 aliphatic carbocycles. The summed E-state index contributed by atoms with van der Waals surface area (Å²) >= 11 is 2.10. The lowest BCUT2D eigenvalue weighted by atomic mass is 9.49. The van der Waals surface area contributed by atoms with Crippen molar-refractivity contribution >= 4 is 34.4 Å². The molecule has 2 amide bonds. The number of amides is 2. The fourth-order valence-electron chi connectivity index (χ4n) is 8.50. The Morgan fingerprint density at radius 2 is 1.84 bits per heavy atom. The van der Waals surface area contributed by atoms with Crippen molar-refractivity contribution in [1.29, 1.82) is 0 Å². The van der Waals surface area contributed by atoms with Gasteiger partial charge in [0.25, 0.3) is 0 Å². The number of methoxy groups -OCH3 is 1. The average molecular weight is 709 g/mol. The van der Waals surface area contributed by atoms with Gasteiger partial charge < -0.3 is 35.0 Å². The van der Waals surface area contributed by atoms with Crippen LogP contribution in [-0.2, 0) is 16.2 Å². The van der Waals surface area contributed by atoms with Gasteiger partial charge in [-0.2, -0.15) is 0 Å². The van der Waals surface area contributed by atoms with Gasteiger partial charge in [0.1, 0.15) is 12.2 Å². The molecule has 4 N–H and O–H groups in total. The van der Waals surface area contributed by atoms with E-state index in [1.807, 2.05) is 4.90 Å². The quantitative estimate of drug-likeness (QED) is 0.182. The third-order valence-corrected chi connectivity index (χ3v) is 10.7. The predicted molar refractivity (Wildman–Crippen MR) is 170 cm³/mol. The number of hydrogen-bond acceptors (Lipinski definition) is 7. The number of ether oxygens (including phenoxy) is 2. The first-order valence-electron chi connectivity index (χ1n) is 15.5. The summed E-state index contributed by atoms with van der Waals surface area (Å²) in [7, 11) is 1.51. The molecule has 0 heterocycles. The maximum atomic E-state index is 13.9. The molecular weight excluding hydrogens is 663 g/mol. The number of aliphatic hydroxyl groups excluding tert-OH is 3. The van der Waals surface area contributed by atoms with Gasteiger partial charge in [0.15, 0.2) is 11.5 Å². The number of benzene rings is 1. The van der Waals surface area contributed by atoms with Crippen LogP contribution >= 0.6 is 22.6 Å². The van der Waals surface area contributed by atoms with Crippen molar-refractivity contribution in [2.24, 2.45) is 23.2 Å². The highest BCUT2D eigenvalue weighted by Crippen LogP contribution is 2.60. The van der Waals surface area contributed by atoms with E-state index in [0.29, 0.717) is 56.9 Å². The van der Waals surface area contributed by atoms with Crippen molar-refractivity contribution in [3.05, 3.63) is 45.6 Å². The summed E-state index contributed by atoms with van der Waals surface area (Å²) in [6, 6.07) is 2.79. The Labute approximate surface area is 267 Å². The molecule has 0 saturated heterocycles. The highest BCUT2D eigenvalue weighted by Gasteiger charge is 2.53. The molecule has 6 rings (SSSR count). The normalized spacial score (nSPS) is 30.9. The summed E-state index contributed by atoms with van der Waals surface area (Å²) in [6.07, 6.45) is 9.52. The van der Waals surface area contributed by atoms with Gasteiger partial charge in [0.05, 0.1) is 29.9 Å².